The maximum Gasteiger partial charge on any atom is 0.225 e. The summed E-state index contributed by atoms with van der Waals surface area (Å²) in [5.41, 5.74) is 0.490. The van der Waals surface area contributed by atoms with Gasteiger partial charge < -0.3 is 5.32 Å². The molecule has 0 unspecified atom stereocenters. The quantitative estimate of drug-likeness (QED) is 0.920. The Balaban J connectivity index is 1.88. The zero-order valence-corrected chi connectivity index (χ0v) is 10.1. The largest absolute Gasteiger partial charge is 0.311 e. The summed E-state index contributed by atoms with van der Waals surface area (Å²) in [6.45, 7) is 0. The van der Waals surface area contributed by atoms with Gasteiger partial charge in [0.1, 0.15) is 17.5 Å². The fraction of sp³-hybridized carbons (Fsp3) is 0.143. The number of hydrogen-bond donors (Lipinski definition) is 1. The zero-order chi connectivity index (χ0) is 13.7. The second-order valence-electron chi connectivity index (χ2n) is 4.00. The van der Waals surface area contributed by atoms with E-state index in [1.165, 1.54) is 18.2 Å². The molecule has 0 aliphatic rings. The molecule has 1 N–H and O–H groups in total. The molecule has 0 radical (unpaired) electrons. The number of anilines is 1. The molecule has 19 heavy (non-hydrogen) atoms. The third kappa shape index (κ3) is 3.84. The van der Waals surface area contributed by atoms with Gasteiger partial charge in [0, 0.05) is 6.42 Å². The molecule has 0 bridgehead atoms. The minimum atomic E-state index is -0.468. The van der Waals surface area contributed by atoms with Crippen LogP contribution in [-0.4, -0.2) is 10.9 Å². The molecule has 1 aromatic carbocycles. The number of nitrogens with zero attached hydrogens (tertiary/aromatic N) is 1. The smallest absolute Gasteiger partial charge is 0.225 e. The highest BCUT2D eigenvalue weighted by Crippen LogP contribution is 2.10. The van der Waals surface area contributed by atoms with Crippen molar-refractivity contribution in [1.29, 1.82) is 0 Å². The second kappa shape index (κ2) is 6.04. The molecular formula is C14H12F2N2O. The van der Waals surface area contributed by atoms with Gasteiger partial charge in [0.25, 0.3) is 0 Å². The summed E-state index contributed by atoms with van der Waals surface area (Å²) in [6.07, 6.45) is 1.46. The van der Waals surface area contributed by atoms with Crippen molar-refractivity contribution in [1.82, 2.24) is 4.98 Å². The highest BCUT2D eigenvalue weighted by atomic mass is 19.1. The van der Waals surface area contributed by atoms with Crippen LogP contribution in [0.25, 0.3) is 0 Å². The van der Waals surface area contributed by atoms with Gasteiger partial charge in [0.15, 0.2) is 0 Å². The van der Waals surface area contributed by atoms with E-state index in [2.05, 4.69) is 10.3 Å². The lowest BCUT2D eigenvalue weighted by Crippen LogP contribution is -2.13. The molecule has 1 heterocycles. The van der Waals surface area contributed by atoms with Crippen molar-refractivity contribution in [2.75, 3.05) is 5.32 Å². The number of hydrogen-bond acceptors (Lipinski definition) is 2. The van der Waals surface area contributed by atoms with Gasteiger partial charge in [-0.05, 0) is 30.2 Å². The lowest BCUT2D eigenvalue weighted by atomic mass is 10.1. The Kier molecular flexibility index (Phi) is 4.18. The zero-order valence-electron chi connectivity index (χ0n) is 10.1. The van der Waals surface area contributed by atoms with Gasteiger partial charge >= 0.3 is 0 Å². The Bertz CT molecular complexity index is 570. The molecule has 0 atom stereocenters. The third-order valence-corrected chi connectivity index (χ3v) is 2.57. The molecule has 5 heteroatoms. The van der Waals surface area contributed by atoms with Crippen molar-refractivity contribution < 1.29 is 13.6 Å². The van der Waals surface area contributed by atoms with E-state index >= 15 is 0 Å². The first-order valence-corrected chi connectivity index (χ1v) is 5.80. The Morgan fingerprint density at radius 3 is 2.63 bits per heavy atom. The van der Waals surface area contributed by atoms with Crippen LogP contribution in [0.4, 0.5) is 14.6 Å². The first-order chi connectivity index (χ1) is 9.15. The predicted molar refractivity (Wildman–Crippen MR) is 67.5 cm³/mol. The molecule has 1 aromatic heterocycles. The van der Waals surface area contributed by atoms with Crippen LogP contribution in [0.1, 0.15) is 12.0 Å². The number of aryl methyl sites for hydroxylation is 1. The SMILES string of the molecule is O=C(CCc1ccccc1F)Nc1ccc(F)cn1. The lowest BCUT2D eigenvalue weighted by Gasteiger charge is -2.05. The average Bonchev–Trinajstić information content (AvgIpc) is 2.40. The fourth-order valence-corrected chi connectivity index (χ4v) is 1.60. The van der Waals surface area contributed by atoms with Gasteiger partial charge in [-0.2, -0.15) is 0 Å². The maximum absolute atomic E-state index is 13.3. The van der Waals surface area contributed by atoms with Gasteiger partial charge in [0.2, 0.25) is 5.91 Å². The minimum Gasteiger partial charge on any atom is -0.311 e. The number of amides is 1. The van der Waals surface area contributed by atoms with Gasteiger partial charge in [-0.3, -0.25) is 4.79 Å². The van der Waals surface area contributed by atoms with E-state index in [0.717, 1.165) is 6.20 Å². The summed E-state index contributed by atoms with van der Waals surface area (Å²) in [4.78, 5) is 15.3. The lowest BCUT2D eigenvalue weighted by molar-refractivity contribution is -0.116. The molecule has 0 fully saturated rings. The van der Waals surface area contributed by atoms with E-state index in [4.69, 9.17) is 0 Å². The number of halogens is 2. The van der Waals surface area contributed by atoms with E-state index in [1.54, 1.807) is 18.2 Å². The summed E-state index contributed by atoms with van der Waals surface area (Å²) < 4.78 is 25.9. The third-order valence-electron chi connectivity index (χ3n) is 2.57. The number of carbonyl (C=O) groups excluding carboxylic acids is 1. The predicted octanol–water partition coefficient (Wildman–Crippen LogP) is 2.93. The standard InChI is InChI=1S/C14H12F2N2O/c15-11-6-7-13(17-9-11)18-14(19)8-5-10-3-1-2-4-12(10)16/h1-4,6-7,9H,5,8H2,(H,17,18,19). The Labute approximate surface area is 109 Å². The van der Waals surface area contributed by atoms with Crippen molar-refractivity contribution in [2.24, 2.45) is 0 Å². The molecule has 0 saturated carbocycles. The molecule has 0 aliphatic carbocycles. The molecule has 0 saturated heterocycles. The van der Waals surface area contributed by atoms with Crippen molar-refractivity contribution in [3.05, 3.63) is 59.8 Å². The number of carbonyl (C=O) groups is 1. The molecule has 2 rings (SSSR count). The van der Waals surface area contributed by atoms with Crippen molar-refractivity contribution in [2.45, 2.75) is 12.8 Å². The van der Waals surface area contributed by atoms with E-state index in [-0.39, 0.29) is 24.0 Å². The van der Waals surface area contributed by atoms with Crippen LogP contribution in [0.15, 0.2) is 42.6 Å². The topological polar surface area (TPSA) is 42.0 Å². The van der Waals surface area contributed by atoms with E-state index in [9.17, 15) is 13.6 Å². The van der Waals surface area contributed by atoms with Crippen LogP contribution >= 0.6 is 0 Å². The van der Waals surface area contributed by atoms with Crippen LogP contribution in [0.3, 0.4) is 0 Å². The van der Waals surface area contributed by atoms with Crippen LogP contribution in [0.2, 0.25) is 0 Å². The maximum atomic E-state index is 13.3. The highest BCUT2D eigenvalue weighted by Gasteiger charge is 2.06. The van der Waals surface area contributed by atoms with Gasteiger partial charge in [-0.15, -0.1) is 0 Å². The average molecular weight is 262 g/mol. The van der Waals surface area contributed by atoms with Gasteiger partial charge in [-0.25, -0.2) is 13.8 Å². The summed E-state index contributed by atoms with van der Waals surface area (Å²) >= 11 is 0. The van der Waals surface area contributed by atoms with Crippen molar-refractivity contribution in [3.63, 3.8) is 0 Å². The molecular weight excluding hydrogens is 250 g/mol. The Morgan fingerprint density at radius 1 is 1.16 bits per heavy atom. The second-order valence-corrected chi connectivity index (χ2v) is 4.00. The fourth-order valence-electron chi connectivity index (χ4n) is 1.60. The normalized spacial score (nSPS) is 10.2. The van der Waals surface area contributed by atoms with E-state index < -0.39 is 5.82 Å². The number of aromatic nitrogens is 1. The van der Waals surface area contributed by atoms with Crippen LogP contribution in [0, 0.1) is 11.6 Å². The molecule has 0 aliphatic heterocycles. The summed E-state index contributed by atoms with van der Waals surface area (Å²) in [5.74, 6) is -0.804. The first-order valence-electron chi connectivity index (χ1n) is 5.80. The highest BCUT2D eigenvalue weighted by molar-refractivity contribution is 5.89. The molecule has 3 nitrogen and oxygen atoms in total. The summed E-state index contributed by atoms with van der Waals surface area (Å²) in [5, 5.41) is 2.52. The Hall–Kier alpha value is -2.30. The van der Waals surface area contributed by atoms with E-state index in [1.807, 2.05) is 0 Å². The van der Waals surface area contributed by atoms with Crippen molar-refractivity contribution >= 4 is 11.7 Å². The minimum absolute atomic E-state index is 0.139. The van der Waals surface area contributed by atoms with Gasteiger partial charge in [0.05, 0.1) is 6.20 Å². The molecule has 0 spiro atoms. The van der Waals surface area contributed by atoms with Gasteiger partial charge in [-0.1, -0.05) is 18.2 Å². The van der Waals surface area contributed by atoms with Crippen LogP contribution < -0.4 is 5.32 Å². The number of rotatable bonds is 4. The monoisotopic (exact) mass is 262 g/mol. The molecule has 1 amide bonds. The number of nitrogens with one attached hydrogen (secondary N) is 1. The first kappa shape index (κ1) is 13.1. The summed E-state index contributed by atoms with van der Waals surface area (Å²) in [7, 11) is 0. The Morgan fingerprint density at radius 2 is 1.95 bits per heavy atom. The number of pyridine rings is 1. The molecule has 98 valence electrons. The van der Waals surface area contributed by atoms with Crippen LogP contribution in [-0.2, 0) is 11.2 Å². The van der Waals surface area contributed by atoms with Crippen LogP contribution in [0.5, 0.6) is 0 Å². The van der Waals surface area contributed by atoms with E-state index in [0.29, 0.717) is 12.0 Å². The van der Waals surface area contributed by atoms with Crippen molar-refractivity contribution in [3.8, 4) is 0 Å². The summed E-state index contributed by atoms with van der Waals surface area (Å²) in [6, 6.07) is 8.89. The molecule has 2 aromatic rings. The number of benzene rings is 1.